The molecule has 0 radical (unpaired) electrons. The molecule has 1 fully saturated rings. The lowest BCUT2D eigenvalue weighted by molar-refractivity contribution is -0.137. The molecule has 0 aromatic heterocycles. The summed E-state index contributed by atoms with van der Waals surface area (Å²) in [4.78, 5) is 93.3. The number of alkyl carbamates (subject to hydrolysis) is 1. The molecule has 6 atom stereocenters. The van der Waals surface area contributed by atoms with E-state index in [4.69, 9.17) is 4.74 Å². The van der Waals surface area contributed by atoms with E-state index in [0.717, 1.165) is 11.1 Å². The van der Waals surface area contributed by atoms with E-state index in [1.54, 1.807) is 20.8 Å². The maximum Gasteiger partial charge on any atom is 0.407 e. The van der Waals surface area contributed by atoms with Gasteiger partial charge in [0.15, 0.2) is 11.6 Å². The Kier molecular flexibility index (Phi) is 22.0. The van der Waals surface area contributed by atoms with Gasteiger partial charge >= 0.3 is 6.09 Å². The molecule has 5 N–H and O–H groups in total. The van der Waals surface area contributed by atoms with Gasteiger partial charge in [0.25, 0.3) is 0 Å². The van der Waals surface area contributed by atoms with E-state index in [1.165, 1.54) is 0 Å². The normalized spacial score (nSPS) is 17.2. The molecule has 1 aliphatic heterocycles. The maximum atomic E-state index is 14.2. The first-order chi connectivity index (χ1) is 29.8. The number of hydrogen-bond acceptors (Lipinski definition) is 8. The van der Waals surface area contributed by atoms with Crippen LogP contribution in [-0.4, -0.2) is 77.6 Å². The highest BCUT2D eigenvalue weighted by atomic mass is 16.6. The number of rotatable bonds is 27. The van der Waals surface area contributed by atoms with Crippen molar-refractivity contribution in [1.29, 1.82) is 0 Å². The summed E-state index contributed by atoms with van der Waals surface area (Å²) in [5.74, 6) is -2.21. The van der Waals surface area contributed by atoms with Gasteiger partial charge in [-0.1, -0.05) is 108 Å². The Bertz CT molecular complexity index is 1780. The van der Waals surface area contributed by atoms with Crippen molar-refractivity contribution in [2.24, 2.45) is 23.7 Å². The first-order valence-corrected chi connectivity index (χ1v) is 23.1. The van der Waals surface area contributed by atoms with Crippen molar-refractivity contribution in [1.82, 2.24) is 26.6 Å². The highest BCUT2D eigenvalue weighted by Crippen LogP contribution is 2.21. The van der Waals surface area contributed by atoms with Crippen LogP contribution >= 0.6 is 0 Å². The summed E-state index contributed by atoms with van der Waals surface area (Å²) in [6.07, 6.45) is 4.96. The molecule has 1 aliphatic rings. The average Bonchev–Trinajstić information content (AvgIpc) is 3.20. The van der Waals surface area contributed by atoms with Gasteiger partial charge in [0.2, 0.25) is 23.6 Å². The van der Waals surface area contributed by atoms with E-state index in [9.17, 15) is 33.6 Å². The van der Waals surface area contributed by atoms with Gasteiger partial charge in [-0.15, -0.1) is 0 Å². The van der Waals surface area contributed by atoms with Gasteiger partial charge in [-0.2, -0.15) is 0 Å². The third kappa shape index (κ3) is 20.3. The van der Waals surface area contributed by atoms with Gasteiger partial charge in [0, 0.05) is 31.2 Å². The van der Waals surface area contributed by atoms with Crippen LogP contribution in [-0.2, 0) is 46.3 Å². The molecule has 1 heterocycles. The summed E-state index contributed by atoms with van der Waals surface area (Å²) in [7, 11) is 0. The fraction of sp³-hybridized carbons (Fsp3) is 0.620. The first-order valence-electron chi connectivity index (χ1n) is 23.1. The predicted octanol–water partition coefficient (Wildman–Crippen LogP) is 6.94. The fourth-order valence-electron chi connectivity index (χ4n) is 7.80. The lowest BCUT2D eigenvalue weighted by Gasteiger charge is -2.30. The number of hydrogen-bond donors (Lipinski definition) is 5. The zero-order valence-electron chi connectivity index (χ0n) is 39.1. The number of benzene rings is 2. The molecule has 2 aromatic rings. The van der Waals surface area contributed by atoms with Gasteiger partial charge in [0.05, 0.1) is 12.1 Å². The van der Waals surface area contributed by atoms with E-state index < -0.39 is 47.7 Å². The number of unbranched alkanes of at least 4 members (excludes halogenated alkanes) is 3. The summed E-state index contributed by atoms with van der Waals surface area (Å²) in [5, 5.41) is 14.5. The lowest BCUT2D eigenvalue weighted by atomic mass is 9.87. The van der Waals surface area contributed by atoms with Crippen molar-refractivity contribution in [3.8, 4) is 0 Å². The molecule has 0 saturated carbocycles. The molecule has 13 nitrogen and oxygen atoms in total. The molecule has 1 saturated heterocycles. The second-order valence-corrected chi connectivity index (χ2v) is 19.1. The zero-order chi connectivity index (χ0) is 46.5. The van der Waals surface area contributed by atoms with Crippen LogP contribution in [0.3, 0.4) is 0 Å². The number of piperazine rings is 1. The van der Waals surface area contributed by atoms with Crippen LogP contribution in [0.15, 0.2) is 60.7 Å². The van der Waals surface area contributed by atoms with E-state index >= 15 is 0 Å². The molecule has 5 amide bonds. The van der Waals surface area contributed by atoms with Crippen LogP contribution in [0, 0.1) is 23.7 Å². The molecule has 0 bridgehead atoms. The Morgan fingerprint density at radius 2 is 1.25 bits per heavy atom. The van der Waals surface area contributed by atoms with Crippen LogP contribution in [0.1, 0.15) is 137 Å². The van der Waals surface area contributed by atoms with E-state index in [2.05, 4.69) is 26.6 Å². The molecule has 0 aliphatic carbocycles. The first kappa shape index (κ1) is 52.3. The zero-order valence-corrected chi connectivity index (χ0v) is 39.1. The quantitative estimate of drug-likeness (QED) is 0.0597. The Morgan fingerprint density at radius 3 is 1.86 bits per heavy atom. The number of carbonyl (C=O) groups is 7. The van der Waals surface area contributed by atoms with Crippen molar-refractivity contribution in [3.63, 3.8) is 0 Å². The van der Waals surface area contributed by atoms with Crippen LogP contribution in [0.5, 0.6) is 0 Å². The lowest BCUT2D eigenvalue weighted by Crippen LogP contribution is -2.61. The number of ether oxygens (including phenoxy) is 1. The van der Waals surface area contributed by atoms with E-state index in [0.29, 0.717) is 70.8 Å². The monoisotopic (exact) mass is 874 g/mol. The minimum absolute atomic E-state index is 0.0619. The van der Waals surface area contributed by atoms with Gasteiger partial charge in [-0.3, -0.25) is 28.8 Å². The van der Waals surface area contributed by atoms with Crippen molar-refractivity contribution in [3.05, 3.63) is 71.8 Å². The topological polar surface area (TPSA) is 189 Å². The average molecular weight is 874 g/mol. The second-order valence-electron chi connectivity index (χ2n) is 19.1. The summed E-state index contributed by atoms with van der Waals surface area (Å²) in [6.45, 7) is 15.5. The molecular formula is C50H75N5O8. The summed E-state index contributed by atoms with van der Waals surface area (Å²) in [6, 6.07) is 16.4. The van der Waals surface area contributed by atoms with Gasteiger partial charge in [-0.05, 0) is 102 Å². The van der Waals surface area contributed by atoms with Crippen LogP contribution in [0.4, 0.5) is 4.79 Å². The standard InChI is InChI=1S/C50H75N5O8/c1-33(2)28-38(32-44(57)41(31-37-22-14-10-15-23-37)54-45(58)35(5)30-36-20-12-9-13-21-36)46(59)52-39(24-18-19-27-51-49(62)63-50(6,7)8)43(56)26-17-11-16-25-40-47(60)55-42(29-34(3)4)48(61)53-40/h9-10,12-15,20-23,33-35,38-42H,11,16-19,24-32H2,1-8H3,(H,51,62)(H,52,59)(H,53,61)(H,54,58)(H,55,60)/t35-,38+,39-,40-,41-,42+/m1/s1. The van der Waals surface area contributed by atoms with Crippen molar-refractivity contribution in [2.45, 2.75) is 169 Å². The molecule has 13 heteroatoms. The Morgan fingerprint density at radius 1 is 0.667 bits per heavy atom. The molecular weight excluding hydrogens is 799 g/mol. The van der Waals surface area contributed by atoms with Crippen molar-refractivity contribution in [2.75, 3.05) is 6.54 Å². The number of carbonyl (C=O) groups excluding carboxylic acids is 7. The number of nitrogens with one attached hydrogen (secondary N) is 5. The molecule has 3 rings (SSSR count). The third-order valence-electron chi connectivity index (χ3n) is 11.1. The molecule has 2 aromatic carbocycles. The van der Waals surface area contributed by atoms with Crippen LogP contribution < -0.4 is 26.6 Å². The summed E-state index contributed by atoms with van der Waals surface area (Å²) >= 11 is 0. The molecule has 63 heavy (non-hydrogen) atoms. The highest BCUT2D eigenvalue weighted by Gasteiger charge is 2.34. The minimum atomic E-state index is -0.857. The SMILES string of the molecule is CC(C)C[C@@H](CC(=O)[C@@H](Cc1ccccc1)NC(=O)[C@H](C)Cc1ccccc1)C(=O)N[C@H](CCCCNC(=O)OC(C)(C)C)C(=O)CCCCC[C@H]1NC(=O)[C@H](CC(C)C)NC1=O. The van der Waals surface area contributed by atoms with Crippen molar-refractivity contribution >= 4 is 41.3 Å². The Balaban J connectivity index is 1.69. The number of Topliss-reactive ketones (excluding diaryl/α,β-unsaturated/α-hetero) is 2. The van der Waals surface area contributed by atoms with Crippen molar-refractivity contribution < 1.29 is 38.3 Å². The van der Waals surface area contributed by atoms with Crippen LogP contribution in [0.2, 0.25) is 0 Å². The van der Waals surface area contributed by atoms with Gasteiger partial charge < -0.3 is 31.3 Å². The van der Waals surface area contributed by atoms with Crippen LogP contribution in [0.25, 0.3) is 0 Å². The molecule has 0 spiro atoms. The largest absolute Gasteiger partial charge is 0.444 e. The van der Waals surface area contributed by atoms with E-state index in [-0.39, 0.29) is 66.3 Å². The van der Waals surface area contributed by atoms with Gasteiger partial charge in [-0.25, -0.2) is 4.79 Å². The third-order valence-corrected chi connectivity index (χ3v) is 11.1. The predicted molar refractivity (Wildman–Crippen MR) is 245 cm³/mol. The number of ketones is 2. The fourth-order valence-corrected chi connectivity index (χ4v) is 7.80. The smallest absolute Gasteiger partial charge is 0.407 e. The summed E-state index contributed by atoms with van der Waals surface area (Å²) in [5.41, 5.74) is 1.26. The van der Waals surface area contributed by atoms with E-state index in [1.807, 2.05) is 95.3 Å². The molecule has 0 unspecified atom stereocenters. The second kappa shape index (κ2) is 26.5. The minimum Gasteiger partial charge on any atom is -0.444 e. The maximum absolute atomic E-state index is 14.2. The highest BCUT2D eigenvalue weighted by molar-refractivity contribution is 5.97. The Hall–Kier alpha value is -5.07. The Labute approximate surface area is 375 Å². The molecule has 348 valence electrons. The van der Waals surface area contributed by atoms with Gasteiger partial charge in [0.1, 0.15) is 17.7 Å². The summed E-state index contributed by atoms with van der Waals surface area (Å²) < 4.78 is 5.33. The number of amides is 5.